The summed E-state index contributed by atoms with van der Waals surface area (Å²) in [6.45, 7) is 6.12. The van der Waals surface area contributed by atoms with Crippen LogP contribution in [0.2, 0.25) is 5.02 Å². The fraction of sp³-hybridized carbons (Fsp3) is 0.500. The van der Waals surface area contributed by atoms with Crippen molar-refractivity contribution in [2.45, 2.75) is 13.0 Å². The van der Waals surface area contributed by atoms with Crippen LogP contribution < -0.4 is 10.5 Å². The van der Waals surface area contributed by atoms with Gasteiger partial charge in [-0.25, -0.2) is 0 Å². The molecule has 0 amide bonds. The molecule has 1 fully saturated rings. The molecule has 0 spiro atoms. The molecule has 0 aromatic heterocycles. The molecule has 1 saturated heterocycles. The van der Waals surface area contributed by atoms with E-state index in [0.717, 1.165) is 26.2 Å². The first kappa shape index (κ1) is 15.9. The molecule has 0 aliphatic carbocycles. The number of halogens is 1. The lowest BCUT2D eigenvalue weighted by atomic mass is 10.2. The molecule has 1 aromatic rings. The Morgan fingerprint density at radius 1 is 1.62 bits per heavy atom. The van der Waals surface area contributed by atoms with E-state index in [2.05, 4.69) is 17.0 Å². The van der Waals surface area contributed by atoms with E-state index < -0.39 is 0 Å². The fourth-order valence-corrected chi connectivity index (χ4v) is 2.42. The Balaban J connectivity index is 1.94. The first-order valence-electron chi connectivity index (χ1n) is 6.88. The lowest BCUT2D eigenvalue weighted by Crippen LogP contribution is -2.44. The van der Waals surface area contributed by atoms with Crippen molar-refractivity contribution in [3.05, 3.63) is 28.8 Å². The smallest absolute Gasteiger partial charge is 0.170 e. The van der Waals surface area contributed by atoms with Crippen molar-refractivity contribution in [3.63, 3.8) is 0 Å². The minimum atomic E-state index is 0.0117. The van der Waals surface area contributed by atoms with Crippen molar-refractivity contribution in [1.29, 1.82) is 0 Å². The number of rotatable bonds is 5. The van der Waals surface area contributed by atoms with Gasteiger partial charge in [0.2, 0.25) is 0 Å². The van der Waals surface area contributed by atoms with Crippen molar-refractivity contribution in [2.75, 3.05) is 32.8 Å². The van der Waals surface area contributed by atoms with Crippen LogP contribution in [-0.2, 0) is 4.74 Å². The minimum absolute atomic E-state index is 0.0117. The number of morpholine rings is 1. The van der Waals surface area contributed by atoms with E-state index in [9.17, 15) is 0 Å². The van der Waals surface area contributed by atoms with Gasteiger partial charge in [-0.2, -0.15) is 0 Å². The zero-order chi connectivity index (χ0) is 15.2. The molecule has 1 aliphatic heterocycles. The van der Waals surface area contributed by atoms with Gasteiger partial charge in [-0.15, -0.1) is 0 Å². The summed E-state index contributed by atoms with van der Waals surface area (Å²) in [5, 5.41) is 12.0. The second kappa shape index (κ2) is 7.49. The number of hydrogen-bond acceptors (Lipinski definition) is 5. The third kappa shape index (κ3) is 4.23. The zero-order valence-corrected chi connectivity index (χ0v) is 12.7. The van der Waals surface area contributed by atoms with E-state index in [1.807, 2.05) is 0 Å². The van der Waals surface area contributed by atoms with Crippen LogP contribution in [0.4, 0.5) is 0 Å². The molecular formula is C14H20ClN3O3. The Labute approximate surface area is 129 Å². The average molecular weight is 314 g/mol. The Bertz CT molecular complexity index is 510. The van der Waals surface area contributed by atoms with E-state index in [0.29, 0.717) is 22.9 Å². The number of nitrogens with two attached hydrogens (primary N) is 1. The Morgan fingerprint density at radius 3 is 3.10 bits per heavy atom. The van der Waals surface area contributed by atoms with Crippen LogP contribution in [0.5, 0.6) is 5.75 Å². The highest BCUT2D eigenvalue weighted by molar-refractivity contribution is 6.32. The van der Waals surface area contributed by atoms with Gasteiger partial charge in [-0.1, -0.05) is 23.7 Å². The maximum absolute atomic E-state index is 8.64. The first-order chi connectivity index (χ1) is 10.1. The molecule has 1 heterocycles. The van der Waals surface area contributed by atoms with E-state index in [4.69, 9.17) is 32.0 Å². The summed E-state index contributed by atoms with van der Waals surface area (Å²) >= 11 is 6.14. The van der Waals surface area contributed by atoms with Crippen LogP contribution in [0, 0.1) is 0 Å². The number of oxime groups is 1. The van der Waals surface area contributed by atoms with Gasteiger partial charge in [0.25, 0.3) is 0 Å². The van der Waals surface area contributed by atoms with E-state index in [-0.39, 0.29) is 11.9 Å². The molecular weight excluding hydrogens is 294 g/mol. The SMILES string of the molecule is CCN1CCOC(COc2ccc(C(N)=NO)cc2Cl)C1. The summed E-state index contributed by atoms with van der Waals surface area (Å²) in [5.74, 6) is 0.570. The highest BCUT2D eigenvalue weighted by Crippen LogP contribution is 2.26. The molecule has 3 N–H and O–H groups in total. The summed E-state index contributed by atoms with van der Waals surface area (Å²) in [7, 11) is 0. The summed E-state index contributed by atoms with van der Waals surface area (Å²) in [6.07, 6.45) is 0.0403. The highest BCUT2D eigenvalue weighted by atomic mass is 35.5. The van der Waals surface area contributed by atoms with Crippen LogP contribution >= 0.6 is 11.6 Å². The van der Waals surface area contributed by atoms with Gasteiger partial charge in [-0.3, -0.25) is 4.90 Å². The third-order valence-corrected chi connectivity index (χ3v) is 3.73. The van der Waals surface area contributed by atoms with Gasteiger partial charge >= 0.3 is 0 Å². The molecule has 21 heavy (non-hydrogen) atoms. The molecule has 6 nitrogen and oxygen atoms in total. The maximum Gasteiger partial charge on any atom is 0.170 e. The number of likely N-dealkylation sites (N-methyl/N-ethyl adjacent to an activating group) is 1. The summed E-state index contributed by atoms with van der Waals surface area (Å²) in [6, 6.07) is 5.00. The maximum atomic E-state index is 8.64. The van der Waals surface area contributed by atoms with Crippen LogP contribution in [0.1, 0.15) is 12.5 Å². The molecule has 0 bridgehead atoms. The Hall–Kier alpha value is -1.50. The van der Waals surface area contributed by atoms with Gasteiger partial charge in [0, 0.05) is 18.7 Å². The number of hydrogen-bond donors (Lipinski definition) is 2. The zero-order valence-electron chi connectivity index (χ0n) is 12.0. The standard InChI is InChI=1S/C14H20ClN3O3/c1-2-18-5-6-20-11(8-18)9-21-13-4-3-10(7-12(13)15)14(16)17-19/h3-4,7,11,19H,2,5-6,8-9H2,1H3,(H2,16,17). The molecule has 1 atom stereocenters. The van der Waals surface area contributed by atoms with Crippen molar-refractivity contribution in [2.24, 2.45) is 10.9 Å². The Kier molecular flexibility index (Phi) is 5.67. The molecule has 0 saturated carbocycles. The lowest BCUT2D eigenvalue weighted by molar-refractivity contribution is -0.0463. The van der Waals surface area contributed by atoms with Gasteiger partial charge in [0.05, 0.1) is 11.6 Å². The lowest BCUT2D eigenvalue weighted by Gasteiger charge is -2.31. The minimum Gasteiger partial charge on any atom is -0.489 e. The van der Waals surface area contributed by atoms with E-state index >= 15 is 0 Å². The summed E-state index contributed by atoms with van der Waals surface area (Å²) in [4.78, 5) is 2.32. The summed E-state index contributed by atoms with van der Waals surface area (Å²) in [5.41, 5.74) is 6.05. The van der Waals surface area contributed by atoms with Crippen molar-refractivity contribution in [1.82, 2.24) is 4.90 Å². The number of amidine groups is 1. The summed E-state index contributed by atoms with van der Waals surface area (Å²) < 4.78 is 11.4. The van der Waals surface area contributed by atoms with Crippen LogP contribution in [-0.4, -0.2) is 54.9 Å². The van der Waals surface area contributed by atoms with Crippen LogP contribution in [0.15, 0.2) is 23.4 Å². The topological polar surface area (TPSA) is 80.3 Å². The van der Waals surface area contributed by atoms with Crippen LogP contribution in [0.25, 0.3) is 0 Å². The highest BCUT2D eigenvalue weighted by Gasteiger charge is 2.20. The van der Waals surface area contributed by atoms with E-state index in [1.165, 1.54) is 0 Å². The molecule has 1 aliphatic rings. The third-order valence-electron chi connectivity index (χ3n) is 3.43. The fourth-order valence-electron chi connectivity index (χ4n) is 2.19. The average Bonchev–Trinajstić information content (AvgIpc) is 2.53. The number of benzene rings is 1. The molecule has 7 heteroatoms. The molecule has 1 unspecified atom stereocenters. The predicted molar refractivity (Wildman–Crippen MR) is 81.3 cm³/mol. The monoisotopic (exact) mass is 313 g/mol. The molecule has 0 radical (unpaired) electrons. The second-order valence-corrected chi connectivity index (χ2v) is 5.23. The number of ether oxygens (including phenoxy) is 2. The quantitative estimate of drug-likeness (QED) is 0.373. The van der Waals surface area contributed by atoms with Crippen molar-refractivity contribution in [3.8, 4) is 5.75 Å². The van der Waals surface area contributed by atoms with Crippen molar-refractivity contribution >= 4 is 17.4 Å². The second-order valence-electron chi connectivity index (χ2n) is 4.83. The largest absolute Gasteiger partial charge is 0.489 e. The predicted octanol–water partition coefficient (Wildman–Crippen LogP) is 1.53. The van der Waals surface area contributed by atoms with Crippen molar-refractivity contribution < 1.29 is 14.7 Å². The van der Waals surface area contributed by atoms with Gasteiger partial charge < -0.3 is 20.4 Å². The molecule has 2 rings (SSSR count). The van der Waals surface area contributed by atoms with E-state index in [1.54, 1.807) is 18.2 Å². The Morgan fingerprint density at radius 2 is 2.43 bits per heavy atom. The van der Waals surface area contributed by atoms with Crippen LogP contribution in [0.3, 0.4) is 0 Å². The van der Waals surface area contributed by atoms with Gasteiger partial charge in [0.15, 0.2) is 5.84 Å². The molecule has 1 aromatic carbocycles. The normalized spacial score (nSPS) is 20.5. The first-order valence-corrected chi connectivity index (χ1v) is 7.26. The number of nitrogens with zero attached hydrogens (tertiary/aromatic N) is 2. The van der Waals surface area contributed by atoms with Gasteiger partial charge in [0.1, 0.15) is 18.5 Å². The molecule has 116 valence electrons. The van der Waals surface area contributed by atoms with Gasteiger partial charge in [-0.05, 0) is 24.7 Å².